The van der Waals surface area contributed by atoms with E-state index in [-0.39, 0.29) is 34.5 Å². The van der Waals surface area contributed by atoms with Crippen molar-refractivity contribution in [2.75, 3.05) is 14.1 Å². The number of pyridine rings is 1. The minimum absolute atomic E-state index is 0.137. The van der Waals surface area contributed by atoms with Crippen LogP contribution in [-0.2, 0) is 6.42 Å². The van der Waals surface area contributed by atoms with Gasteiger partial charge >= 0.3 is 0 Å². The van der Waals surface area contributed by atoms with Crippen LogP contribution in [0.3, 0.4) is 0 Å². The van der Waals surface area contributed by atoms with E-state index in [4.69, 9.17) is 4.52 Å². The second kappa shape index (κ2) is 11.0. The number of imidazole rings is 1. The SMILES string of the molecule is CCc1nocc1C(=O)NC(c1nc2c(F)c(-c3ncccc3C(=O)N(C)C)ccc2[nH]1)C1CCC(C)CC1. The molecule has 2 amide bonds. The molecule has 1 saturated carbocycles. The normalized spacial score (nSPS) is 18.2. The molecule has 0 bridgehead atoms. The lowest BCUT2D eigenvalue weighted by molar-refractivity contribution is 0.0827. The summed E-state index contributed by atoms with van der Waals surface area (Å²) in [6, 6.07) is 6.19. The molecule has 1 fully saturated rings. The van der Waals surface area contributed by atoms with E-state index in [1.807, 2.05) is 6.92 Å². The lowest BCUT2D eigenvalue weighted by Crippen LogP contribution is -2.36. The number of halogens is 1. The van der Waals surface area contributed by atoms with Gasteiger partial charge in [-0.2, -0.15) is 0 Å². The molecule has 10 heteroatoms. The minimum Gasteiger partial charge on any atom is -0.364 e. The molecule has 1 aliphatic rings. The van der Waals surface area contributed by atoms with Gasteiger partial charge in [-0.1, -0.05) is 31.8 Å². The van der Waals surface area contributed by atoms with Gasteiger partial charge in [-0.25, -0.2) is 9.37 Å². The Morgan fingerprint density at radius 2 is 1.95 bits per heavy atom. The van der Waals surface area contributed by atoms with Crippen LogP contribution >= 0.6 is 0 Å². The van der Waals surface area contributed by atoms with Crippen molar-refractivity contribution in [3.05, 3.63) is 65.2 Å². The van der Waals surface area contributed by atoms with Crippen LogP contribution in [0.15, 0.2) is 41.2 Å². The maximum absolute atomic E-state index is 16.0. The average molecular weight is 533 g/mol. The van der Waals surface area contributed by atoms with Gasteiger partial charge < -0.3 is 19.7 Å². The topological polar surface area (TPSA) is 117 Å². The number of aromatic amines is 1. The van der Waals surface area contributed by atoms with Crippen LogP contribution in [0.25, 0.3) is 22.3 Å². The Morgan fingerprint density at radius 3 is 2.67 bits per heavy atom. The zero-order valence-electron chi connectivity index (χ0n) is 22.6. The molecule has 9 nitrogen and oxygen atoms in total. The quantitative estimate of drug-likeness (QED) is 0.333. The number of fused-ring (bicyclic) bond motifs is 1. The van der Waals surface area contributed by atoms with Crippen molar-refractivity contribution in [2.24, 2.45) is 11.8 Å². The maximum Gasteiger partial charge on any atom is 0.257 e. The number of rotatable bonds is 7. The van der Waals surface area contributed by atoms with Crippen LogP contribution in [0, 0.1) is 17.7 Å². The van der Waals surface area contributed by atoms with E-state index in [0.29, 0.717) is 40.5 Å². The number of carbonyl (C=O) groups is 2. The Bertz CT molecular complexity index is 1500. The Morgan fingerprint density at radius 1 is 1.18 bits per heavy atom. The molecule has 204 valence electrons. The molecule has 0 aliphatic heterocycles. The zero-order chi connectivity index (χ0) is 27.7. The summed E-state index contributed by atoms with van der Waals surface area (Å²) in [5.41, 5.74) is 2.37. The zero-order valence-corrected chi connectivity index (χ0v) is 22.6. The predicted octanol–water partition coefficient (Wildman–Crippen LogP) is 5.31. The third-order valence-corrected chi connectivity index (χ3v) is 7.65. The fourth-order valence-corrected chi connectivity index (χ4v) is 5.37. The molecular formula is C29H33FN6O3. The highest BCUT2D eigenvalue weighted by Gasteiger charge is 2.32. The molecule has 5 rings (SSSR count). The molecular weight excluding hydrogens is 499 g/mol. The standard InChI is InChI=1S/C29H33FN6O3/c1-5-21-20(15-39-35-21)28(37)34-24(17-10-8-16(2)9-11-17)27-32-22-13-12-18(23(30)26(22)33-27)25-19(7-6-14-31-25)29(38)36(3)4/h6-7,12-17,24H,5,8-11H2,1-4H3,(H,32,33)(H,34,37). The van der Waals surface area contributed by atoms with Crippen molar-refractivity contribution in [3.8, 4) is 11.3 Å². The van der Waals surface area contributed by atoms with Crippen LogP contribution in [0.4, 0.5) is 4.39 Å². The van der Waals surface area contributed by atoms with E-state index in [1.165, 1.54) is 17.4 Å². The minimum atomic E-state index is -0.573. The van der Waals surface area contributed by atoms with Gasteiger partial charge in [0.25, 0.3) is 11.8 Å². The number of nitrogens with zero attached hydrogens (tertiary/aromatic N) is 4. The third kappa shape index (κ3) is 5.15. The molecule has 4 aromatic rings. The molecule has 1 unspecified atom stereocenters. The molecule has 1 atom stereocenters. The van der Waals surface area contributed by atoms with E-state index in [2.05, 4.69) is 32.3 Å². The number of hydrogen-bond donors (Lipinski definition) is 2. The number of aryl methyl sites for hydroxylation is 1. The summed E-state index contributed by atoms with van der Waals surface area (Å²) in [5.74, 6) is 0.118. The predicted molar refractivity (Wildman–Crippen MR) is 145 cm³/mol. The van der Waals surface area contributed by atoms with Gasteiger partial charge in [0.2, 0.25) is 0 Å². The summed E-state index contributed by atoms with van der Waals surface area (Å²) in [6.07, 6.45) is 7.40. The van der Waals surface area contributed by atoms with E-state index < -0.39 is 11.9 Å². The number of H-pyrrole nitrogens is 1. The van der Waals surface area contributed by atoms with Crippen LogP contribution in [-0.4, -0.2) is 50.9 Å². The fraction of sp³-hybridized carbons (Fsp3) is 0.414. The van der Waals surface area contributed by atoms with Gasteiger partial charge in [0.1, 0.15) is 23.2 Å². The average Bonchev–Trinajstić information content (AvgIpc) is 3.60. The first-order valence-corrected chi connectivity index (χ1v) is 13.4. The van der Waals surface area contributed by atoms with Crippen molar-refractivity contribution < 1.29 is 18.5 Å². The summed E-state index contributed by atoms with van der Waals surface area (Å²) < 4.78 is 21.0. The molecule has 0 spiro atoms. The summed E-state index contributed by atoms with van der Waals surface area (Å²) >= 11 is 0. The Balaban J connectivity index is 1.54. The summed E-state index contributed by atoms with van der Waals surface area (Å²) in [4.78, 5) is 39.7. The molecule has 3 aromatic heterocycles. The second-order valence-electron chi connectivity index (χ2n) is 10.5. The van der Waals surface area contributed by atoms with Crippen LogP contribution in [0.2, 0.25) is 0 Å². The number of benzene rings is 1. The summed E-state index contributed by atoms with van der Waals surface area (Å²) in [6.45, 7) is 4.15. The first-order valence-electron chi connectivity index (χ1n) is 13.4. The first-order chi connectivity index (χ1) is 18.8. The molecule has 0 saturated heterocycles. The lowest BCUT2D eigenvalue weighted by atomic mass is 9.79. The van der Waals surface area contributed by atoms with E-state index in [0.717, 1.165) is 25.7 Å². The van der Waals surface area contributed by atoms with Gasteiger partial charge in [0.05, 0.1) is 28.5 Å². The van der Waals surface area contributed by atoms with Crippen LogP contribution in [0.5, 0.6) is 0 Å². The largest absolute Gasteiger partial charge is 0.364 e. The maximum atomic E-state index is 16.0. The van der Waals surface area contributed by atoms with Crippen molar-refractivity contribution in [1.29, 1.82) is 0 Å². The van der Waals surface area contributed by atoms with E-state index in [9.17, 15) is 9.59 Å². The molecule has 3 heterocycles. The number of carbonyl (C=O) groups excluding carboxylic acids is 2. The second-order valence-corrected chi connectivity index (χ2v) is 10.5. The van der Waals surface area contributed by atoms with Crippen molar-refractivity contribution in [1.82, 2.24) is 30.3 Å². The lowest BCUT2D eigenvalue weighted by Gasteiger charge is -2.32. The van der Waals surface area contributed by atoms with Crippen LogP contribution < -0.4 is 5.32 Å². The van der Waals surface area contributed by atoms with Crippen molar-refractivity contribution in [2.45, 2.75) is 52.0 Å². The highest BCUT2D eigenvalue weighted by Crippen LogP contribution is 2.38. The summed E-state index contributed by atoms with van der Waals surface area (Å²) in [7, 11) is 3.28. The Labute approximate surface area is 226 Å². The first kappa shape index (κ1) is 26.5. The van der Waals surface area contributed by atoms with Gasteiger partial charge in [-0.05, 0) is 55.4 Å². The Kier molecular flexibility index (Phi) is 7.45. The third-order valence-electron chi connectivity index (χ3n) is 7.65. The van der Waals surface area contributed by atoms with Gasteiger partial charge in [-0.3, -0.25) is 14.6 Å². The number of hydrogen-bond acceptors (Lipinski definition) is 6. The highest BCUT2D eigenvalue weighted by molar-refractivity contribution is 6.00. The highest BCUT2D eigenvalue weighted by atomic mass is 19.1. The van der Waals surface area contributed by atoms with Crippen LogP contribution in [0.1, 0.15) is 77.8 Å². The van der Waals surface area contributed by atoms with E-state index in [1.54, 1.807) is 38.4 Å². The molecule has 39 heavy (non-hydrogen) atoms. The summed E-state index contributed by atoms with van der Waals surface area (Å²) in [5, 5.41) is 7.07. The molecule has 0 radical (unpaired) electrons. The fourth-order valence-electron chi connectivity index (χ4n) is 5.37. The van der Waals surface area contributed by atoms with Crippen molar-refractivity contribution >= 4 is 22.8 Å². The van der Waals surface area contributed by atoms with Crippen molar-refractivity contribution in [3.63, 3.8) is 0 Å². The number of nitrogens with one attached hydrogen (secondary N) is 2. The van der Waals surface area contributed by atoms with Gasteiger partial charge in [0, 0.05) is 25.9 Å². The number of aromatic nitrogens is 4. The number of amides is 2. The monoisotopic (exact) mass is 532 g/mol. The van der Waals surface area contributed by atoms with E-state index >= 15 is 4.39 Å². The Hall–Kier alpha value is -4.08. The molecule has 2 N–H and O–H groups in total. The molecule has 1 aliphatic carbocycles. The van der Waals surface area contributed by atoms with Gasteiger partial charge in [0.15, 0.2) is 5.82 Å². The smallest absolute Gasteiger partial charge is 0.257 e. The van der Waals surface area contributed by atoms with Gasteiger partial charge in [-0.15, -0.1) is 0 Å². The molecule has 1 aromatic carbocycles.